The molecule has 3 nitrogen and oxygen atoms in total. The van der Waals surface area contributed by atoms with Gasteiger partial charge < -0.3 is 14.2 Å². The molecule has 0 aliphatic heterocycles. The highest BCUT2D eigenvalue weighted by atomic mass is 32.1. The highest BCUT2D eigenvalue weighted by molar-refractivity contribution is 7.78. The molecule has 0 spiro atoms. The SMILES string of the molecule is COc1ccc(C(c2ccc(OC)cc2)c2ccc(OC=S)cc2)cc1. The molecule has 0 amide bonds. The summed E-state index contributed by atoms with van der Waals surface area (Å²) in [6, 6.07) is 24.3. The van der Waals surface area contributed by atoms with Crippen molar-refractivity contribution in [3.05, 3.63) is 89.5 Å². The summed E-state index contributed by atoms with van der Waals surface area (Å²) in [6.07, 6.45) is 0. The Hall–Kier alpha value is -2.85. The molecule has 0 N–H and O–H groups in total. The summed E-state index contributed by atoms with van der Waals surface area (Å²) in [7, 11) is 3.34. The van der Waals surface area contributed by atoms with Crippen molar-refractivity contribution in [2.45, 2.75) is 5.92 Å². The molecule has 0 saturated heterocycles. The lowest BCUT2D eigenvalue weighted by Gasteiger charge is -2.20. The zero-order valence-electron chi connectivity index (χ0n) is 14.7. The molecule has 0 saturated carbocycles. The second-order valence-electron chi connectivity index (χ2n) is 5.76. The molecule has 0 fully saturated rings. The Kier molecular flexibility index (Phi) is 5.87. The van der Waals surface area contributed by atoms with Gasteiger partial charge in [-0.05, 0) is 65.3 Å². The minimum Gasteiger partial charge on any atom is -0.497 e. The molecule has 132 valence electrons. The molecule has 26 heavy (non-hydrogen) atoms. The fourth-order valence-corrected chi connectivity index (χ4v) is 3.08. The van der Waals surface area contributed by atoms with Crippen molar-refractivity contribution >= 4 is 17.8 Å². The Bertz CT molecular complexity index is 793. The number of benzene rings is 3. The second-order valence-corrected chi connectivity index (χ2v) is 5.95. The van der Waals surface area contributed by atoms with E-state index in [0.717, 1.165) is 22.8 Å². The maximum Gasteiger partial charge on any atom is 0.154 e. The molecule has 3 aromatic carbocycles. The molecule has 3 rings (SSSR count). The lowest BCUT2D eigenvalue weighted by molar-refractivity contribution is 0.414. The summed E-state index contributed by atoms with van der Waals surface area (Å²) in [5, 5.41) is 0. The van der Waals surface area contributed by atoms with Gasteiger partial charge in [-0.3, -0.25) is 0 Å². The van der Waals surface area contributed by atoms with Crippen LogP contribution in [-0.4, -0.2) is 19.8 Å². The van der Waals surface area contributed by atoms with E-state index < -0.39 is 0 Å². The van der Waals surface area contributed by atoms with E-state index in [-0.39, 0.29) is 5.92 Å². The highest BCUT2D eigenvalue weighted by Gasteiger charge is 2.17. The van der Waals surface area contributed by atoms with Crippen LogP contribution in [0.1, 0.15) is 22.6 Å². The van der Waals surface area contributed by atoms with E-state index in [9.17, 15) is 0 Å². The van der Waals surface area contributed by atoms with Gasteiger partial charge in [-0.1, -0.05) is 36.4 Å². The quantitative estimate of drug-likeness (QED) is 0.424. The second kappa shape index (κ2) is 8.50. The Morgan fingerprint density at radius 2 is 0.962 bits per heavy atom. The third-order valence-electron chi connectivity index (χ3n) is 4.30. The Balaban J connectivity index is 2.03. The van der Waals surface area contributed by atoms with Crippen LogP contribution in [0.5, 0.6) is 17.2 Å². The van der Waals surface area contributed by atoms with Crippen LogP contribution in [0.2, 0.25) is 0 Å². The smallest absolute Gasteiger partial charge is 0.154 e. The summed E-state index contributed by atoms with van der Waals surface area (Å²) < 4.78 is 15.8. The number of hydrogen-bond donors (Lipinski definition) is 0. The van der Waals surface area contributed by atoms with Crippen molar-refractivity contribution in [3.8, 4) is 17.2 Å². The van der Waals surface area contributed by atoms with Gasteiger partial charge in [0.25, 0.3) is 0 Å². The average Bonchev–Trinajstić information content (AvgIpc) is 2.71. The van der Waals surface area contributed by atoms with E-state index in [4.69, 9.17) is 26.4 Å². The summed E-state index contributed by atoms with van der Waals surface area (Å²) in [5.74, 6) is 2.50. The van der Waals surface area contributed by atoms with E-state index in [1.54, 1.807) is 14.2 Å². The van der Waals surface area contributed by atoms with Crippen molar-refractivity contribution < 1.29 is 14.2 Å². The fourth-order valence-electron chi connectivity index (χ4n) is 2.96. The van der Waals surface area contributed by atoms with Gasteiger partial charge in [-0.2, -0.15) is 0 Å². The Morgan fingerprint density at radius 3 is 1.27 bits per heavy atom. The van der Waals surface area contributed by atoms with Crippen LogP contribution in [0, 0.1) is 0 Å². The first-order chi connectivity index (χ1) is 12.7. The number of ether oxygens (including phenoxy) is 3. The van der Waals surface area contributed by atoms with Crippen LogP contribution < -0.4 is 14.2 Å². The van der Waals surface area contributed by atoms with Crippen molar-refractivity contribution in [1.29, 1.82) is 0 Å². The molecule has 0 radical (unpaired) electrons. The Morgan fingerprint density at radius 1 is 0.615 bits per heavy atom. The molecule has 0 unspecified atom stereocenters. The number of methoxy groups -OCH3 is 2. The van der Waals surface area contributed by atoms with E-state index in [0.29, 0.717) is 0 Å². The minimum absolute atomic E-state index is 0.0911. The Labute approximate surface area is 159 Å². The molecule has 0 aromatic heterocycles. The zero-order chi connectivity index (χ0) is 18.4. The largest absolute Gasteiger partial charge is 0.497 e. The first kappa shape index (κ1) is 18.0. The minimum atomic E-state index is 0.0911. The monoisotopic (exact) mass is 364 g/mol. The van der Waals surface area contributed by atoms with E-state index >= 15 is 0 Å². The number of hydrogen-bond acceptors (Lipinski definition) is 4. The van der Waals surface area contributed by atoms with Crippen LogP contribution in [0.25, 0.3) is 0 Å². The first-order valence-corrected chi connectivity index (χ1v) is 8.70. The maximum absolute atomic E-state index is 5.29. The first-order valence-electron chi connectivity index (χ1n) is 8.23. The maximum atomic E-state index is 5.29. The molecule has 0 atom stereocenters. The van der Waals surface area contributed by atoms with Crippen molar-refractivity contribution in [2.24, 2.45) is 0 Å². The van der Waals surface area contributed by atoms with E-state index in [1.807, 2.05) is 36.4 Å². The molecule has 0 heterocycles. The normalized spacial score (nSPS) is 10.4. The zero-order valence-corrected chi connectivity index (χ0v) is 15.5. The van der Waals surface area contributed by atoms with Crippen LogP contribution >= 0.6 is 12.2 Å². The van der Waals surface area contributed by atoms with E-state index in [2.05, 4.69) is 36.4 Å². The summed E-state index contributed by atoms with van der Waals surface area (Å²) >= 11 is 4.75. The predicted molar refractivity (Wildman–Crippen MR) is 108 cm³/mol. The van der Waals surface area contributed by atoms with Crippen LogP contribution in [0.15, 0.2) is 72.8 Å². The molecule has 4 heteroatoms. The standard InChI is InChI=1S/C22H20O3S/c1-23-19-9-3-16(4-10-19)22(17-5-11-20(24-2)12-6-17)18-7-13-21(14-8-18)25-15-26/h3-15,22H,1-2H3. The lowest BCUT2D eigenvalue weighted by Crippen LogP contribution is -2.04. The van der Waals surface area contributed by atoms with Crippen LogP contribution in [0.3, 0.4) is 0 Å². The van der Waals surface area contributed by atoms with Gasteiger partial charge in [0.1, 0.15) is 17.2 Å². The van der Waals surface area contributed by atoms with Crippen LogP contribution in [-0.2, 0) is 0 Å². The van der Waals surface area contributed by atoms with Gasteiger partial charge in [0.2, 0.25) is 0 Å². The van der Waals surface area contributed by atoms with Crippen molar-refractivity contribution in [2.75, 3.05) is 14.2 Å². The molecule has 0 bridgehead atoms. The van der Waals surface area contributed by atoms with Gasteiger partial charge in [-0.15, -0.1) is 0 Å². The van der Waals surface area contributed by atoms with Gasteiger partial charge in [0.15, 0.2) is 5.55 Å². The highest BCUT2D eigenvalue weighted by Crippen LogP contribution is 2.34. The number of thiocarbonyl (C=S) groups is 1. The summed E-state index contributed by atoms with van der Waals surface area (Å²) in [6.45, 7) is 0. The number of rotatable bonds is 7. The van der Waals surface area contributed by atoms with Gasteiger partial charge in [-0.25, -0.2) is 0 Å². The molecule has 0 aliphatic carbocycles. The van der Waals surface area contributed by atoms with Crippen molar-refractivity contribution in [1.82, 2.24) is 0 Å². The lowest BCUT2D eigenvalue weighted by atomic mass is 9.85. The van der Waals surface area contributed by atoms with E-state index in [1.165, 1.54) is 16.7 Å². The molecule has 3 aromatic rings. The third kappa shape index (κ3) is 4.03. The molecule has 0 aliphatic rings. The summed E-state index contributed by atoms with van der Waals surface area (Å²) in [5.41, 5.74) is 4.79. The topological polar surface area (TPSA) is 27.7 Å². The summed E-state index contributed by atoms with van der Waals surface area (Å²) in [4.78, 5) is 0. The molecular weight excluding hydrogens is 344 g/mol. The fraction of sp³-hybridized carbons (Fsp3) is 0.136. The molecular formula is C22H20O3S. The van der Waals surface area contributed by atoms with Gasteiger partial charge in [0.05, 0.1) is 14.2 Å². The third-order valence-corrected chi connectivity index (χ3v) is 4.39. The van der Waals surface area contributed by atoms with Gasteiger partial charge >= 0.3 is 0 Å². The van der Waals surface area contributed by atoms with Gasteiger partial charge in [0, 0.05) is 5.92 Å². The average molecular weight is 364 g/mol. The van der Waals surface area contributed by atoms with Crippen LogP contribution in [0.4, 0.5) is 0 Å². The van der Waals surface area contributed by atoms with Crippen molar-refractivity contribution in [3.63, 3.8) is 0 Å². The predicted octanol–water partition coefficient (Wildman–Crippen LogP) is 5.22.